The van der Waals surface area contributed by atoms with Crippen LogP contribution in [0.2, 0.25) is 5.02 Å². The predicted octanol–water partition coefficient (Wildman–Crippen LogP) is 2.57. The summed E-state index contributed by atoms with van der Waals surface area (Å²) in [7, 11) is 0. The summed E-state index contributed by atoms with van der Waals surface area (Å²) < 4.78 is 0. The van der Waals surface area contributed by atoms with Gasteiger partial charge < -0.3 is 15.7 Å². The average Bonchev–Trinajstić information content (AvgIpc) is 2.34. The van der Waals surface area contributed by atoms with Crippen LogP contribution in [-0.2, 0) is 0 Å². The first-order valence-corrected chi connectivity index (χ1v) is 6.84. The van der Waals surface area contributed by atoms with Gasteiger partial charge in [-0.2, -0.15) is 0 Å². The van der Waals surface area contributed by atoms with Crippen LogP contribution in [0.3, 0.4) is 0 Å². The molecule has 0 amide bonds. The topological polar surface area (TPSA) is 49.5 Å². The number of nitrogens with zero attached hydrogens (tertiary/aromatic N) is 1. The van der Waals surface area contributed by atoms with Gasteiger partial charge in [-0.1, -0.05) is 37.2 Å². The SMILES string of the molecule is CCCCN(CCO)c1cc(Cl)ccc1C(N)=S. The molecule has 5 heteroatoms. The molecule has 0 aliphatic carbocycles. The Morgan fingerprint density at radius 3 is 2.72 bits per heavy atom. The van der Waals surface area contributed by atoms with E-state index in [0.717, 1.165) is 30.6 Å². The third kappa shape index (κ3) is 4.12. The maximum absolute atomic E-state index is 9.16. The van der Waals surface area contributed by atoms with Gasteiger partial charge in [-0.3, -0.25) is 0 Å². The second kappa shape index (κ2) is 7.56. The van der Waals surface area contributed by atoms with Gasteiger partial charge in [-0.05, 0) is 24.6 Å². The molecular formula is C13H19ClN2OS. The monoisotopic (exact) mass is 286 g/mol. The molecule has 3 N–H and O–H groups in total. The fourth-order valence-electron chi connectivity index (χ4n) is 1.80. The van der Waals surface area contributed by atoms with E-state index in [1.54, 1.807) is 6.07 Å². The minimum atomic E-state index is 0.0903. The van der Waals surface area contributed by atoms with E-state index in [2.05, 4.69) is 11.8 Å². The normalized spacial score (nSPS) is 10.4. The van der Waals surface area contributed by atoms with Crippen LogP contribution in [0, 0.1) is 0 Å². The first-order chi connectivity index (χ1) is 8.60. The number of aliphatic hydroxyl groups is 1. The number of hydrogen-bond acceptors (Lipinski definition) is 3. The molecule has 0 saturated carbocycles. The number of unbranched alkanes of at least 4 members (excludes halogenated alkanes) is 1. The number of hydrogen-bond donors (Lipinski definition) is 2. The zero-order valence-electron chi connectivity index (χ0n) is 10.5. The van der Waals surface area contributed by atoms with E-state index in [1.165, 1.54) is 0 Å². The highest BCUT2D eigenvalue weighted by Gasteiger charge is 2.13. The lowest BCUT2D eigenvalue weighted by Crippen LogP contribution is -2.30. The Balaban J connectivity index is 3.07. The van der Waals surface area contributed by atoms with Crippen LogP contribution < -0.4 is 10.6 Å². The van der Waals surface area contributed by atoms with Gasteiger partial charge >= 0.3 is 0 Å². The van der Waals surface area contributed by atoms with E-state index in [0.29, 0.717) is 16.6 Å². The second-order valence-corrected chi connectivity index (χ2v) is 4.97. The quantitative estimate of drug-likeness (QED) is 0.757. The molecule has 0 aliphatic heterocycles. The molecule has 1 aromatic rings. The molecule has 3 nitrogen and oxygen atoms in total. The molecule has 0 spiro atoms. The number of rotatable bonds is 7. The molecule has 100 valence electrons. The lowest BCUT2D eigenvalue weighted by molar-refractivity contribution is 0.301. The Kier molecular flexibility index (Phi) is 6.39. The van der Waals surface area contributed by atoms with Crippen LogP contribution in [0.1, 0.15) is 25.3 Å². The Morgan fingerprint density at radius 2 is 2.17 bits per heavy atom. The van der Waals surface area contributed by atoms with Crippen molar-refractivity contribution < 1.29 is 5.11 Å². The standard InChI is InChI=1S/C13H19ClN2OS/c1-2-3-6-16(7-8-17)12-9-10(14)4-5-11(12)13(15)18/h4-5,9,17H,2-3,6-8H2,1H3,(H2,15,18). The van der Waals surface area contributed by atoms with Gasteiger partial charge in [0, 0.05) is 29.4 Å². The van der Waals surface area contributed by atoms with Gasteiger partial charge in [-0.15, -0.1) is 0 Å². The van der Waals surface area contributed by atoms with Crippen molar-refractivity contribution in [3.05, 3.63) is 28.8 Å². The minimum absolute atomic E-state index is 0.0903. The maximum Gasteiger partial charge on any atom is 0.106 e. The van der Waals surface area contributed by atoms with Crippen molar-refractivity contribution in [2.45, 2.75) is 19.8 Å². The van der Waals surface area contributed by atoms with Gasteiger partial charge in [-0.25, -0.2) is 0 Å². The summed E-state index contributed by atoms with van der Waals surface area (Å²) in [4.78, 5) is 2.42. The highest BCUT2D eigenvalue weighted by Crippen LogP contribution is 2.25. The van der Waals surface area contributed by atoms with Gasteiger partial charge in [0.1, 0.15) is 4.99 Å². The summed E-state index contributed by atoms with van der Waals surface area (Å²) in [6, 6.07) is 5.45. The molecule has 0 unspecified atom stereocenters. The third-order valence-electron chi connectivity index (χ3n) is 2.72. The highest BCUT2D eigenvalue weighted by molar-refractivity contribution is 7.80. The maximum atomic E-state index is 9.16. The molecule has 0 radical (unpaired) electrons. The van der Waals surface area contributed by atoms with Crippen molar-refractivity contribution in [3.63, 3.8) is 0 Å². The largest absolute Gasteiger partial charge is 0.395 e. The van der Waals surface area contributed by atoms with E-state index in [9.17, 15) is 0 Å². The molecule has 0 fully saturated rings. The van der Waals surface area contributed by atoms with Gasteiger partial charge in [0.15, 0.2) is 0 Å². The van der Waals surface area contributed by atoms with Gasteiger partial charge in [0.25, 0.3) is 0 Å². The van der Waals surface area contributed by atoms with E-state index in [-0.39, 0.29) is 6.61 Å². The van der Waals surface area contributed by atoms with Crippen molar-refractivity contribution in [1.29, 1.82) is 0 Å². The number of anilines is 1. The Hall–Kier alpha value is -0.840. The average molecular weight is 287 g/mol. The Labute approximate surface area is 119 Å². The molecule has 0 saturated heterocycles. The highest BCUT2D eigenvalue weighted by atomic mass is 35.5. The van der Waals surface area contributed by atoms with Gasteiger partial charge in [0.2, 0.25) is 0 Å². The molecule has 0 bridgehead atoms. The molecular weight excluding hydrogens is 268 g/mol. The lowest BCUT2D eigenvalue weighted by Gasteiger charge is -2.26. The van der Waals surface area contributed by atoms with Gasteiger partial charge in [0.05, 0.1) is 6.61 Å². The Bertz CT molecular complexity index is 412. The fraction of sp³-hybridized carbons (Fsp3) is 0.462. The molecule has 0 aromatic heterocycles. The Morgan fingerprint density at radius 1 is 1.44 bits per heavy atom. The first-order valence-electron chi connectivity index (χ1n) is 6.05. The number of thiocarbonyl (C=S) groups is 1. The molecule has 0 heterocycles. The molecule has 1 aromatic carbocycles. The van der Waals surface area contributed by atoms with Crippen LogP contribution in [0.5, 0.6) is 0 Å². The summed E-state index contributed by atoms with van der Waals surface area (Å²) >= 11 is 11.1. The van der Waals surface area contributed by atoms with Crippen LogP contribution in [-0.4, -0.2) is 29.8 Å². The summed E-state index contributed by atoms with van der Waals surface area (Å²) in [5.41, 5.74) is 7.43. The third-order valence-corrected chi connectivity index (χ3v) is 3.17. The zero-order chi connectivity index (χ0) is 13.5. The van der Waals surface area contributed by atoms with E-state index < -0.39 is 0 Å². The first kappa shape index (κ1) is 15.2. The van der Waals surface area contributed by atoms with Crippen molar-refractivity contribution in [2.24, 2.45) is 5.73 Å². The van der Waals surface area contributed by atoms with Crippen LogP contribution in [0.25, 0.3) is 0 Å². The number of halogens is 1. The molecule has 1 rings (SSSR count). The van der Waals surface area contributed by atoms with E-state index in [1.807, 2.05) is 12.1 Å². The van der Waals surface area contributed by atoms with Crippen LogP contribution in [0.15, 0.2) is 18.2 Å². The van der Waals surface area contributed by atoms with E-state index >= 15 is 0 Å². The second-order valence-electron chi connectivity index (χ2n) is 4.09. The van der Waals surface area contributed by atoms with Crippen molar-refractivity contribution in [1.82, 2.24) is 0 Å². The predicted molar refractivity (Wildman–Crippen MR) is 81.5 cm³/mol. The molecule has 18 heavy (non-hydrogen) atoms. The summed E-state index contributed by atoms with van der Waals surface area (Å²) in [5.74, 6) is 0. The fourth-order valence-corrected chi connectivity index (χ4v) is 2.14. The van der Waals surface area contributed by atoms with E-state index in [4.69, 9.17) is 34.7 Å². The van der Waals surface area contributed by atoms with Crippen LogP contribution in [0.4, 0.5) is 5.69 Å². The van der Waals surface area contributed by atoms with Crippen molar-refractivity contribution >= 4 is 34.5 Å². The van der Waals surface area contributed by atoms with Crippen molar-refractivity contribution in [2.75, 3.05) is 24.6 Å². The number of aliphatic hydroxyl groups excluding tert-OH is 1. The number of benzene rings is 1. The number of nitrogens with two attached hydrogens (primary N) is 1. The lowest BCUT2D eigenvalue weighted by atomic mass is 10.1. The smallest absolute Gasteiger partial charge is 0.106 e. The van der Waals surface area contributed by atoms with Crippen LogP contribution >= 0.6 is 23.8 Å². The summed E-state index contributed by atoms with van der Waals surface area (Å²) in [5, 5.41) is 9.80. The van der Waals surface area contributed by atoms with Crippen molar-refractivity contribution in [3.8, 4) is 0 Å². The summed E-state index contributed by atoms with van der Waals surface area (Å²) in [6.07, 6.45) is 2.13. The zero-order valence-corrected chi connectivity index (χ0v) is 12.1. The minimum Gasteiger partial charge on any atom is -0.395 e. The summed E-state index contributed by atoms with van der Waals surface area (Å²) in [6.45, 7) is 3.62. The molecule has 0 aliphatic rings. The molecule has 0 atom stereocenters.